The Morgan fingerprint density at radius 2 is 1.94 bits per heavy atom. The standard InChI is InChI=1S/C11H8ClF3O2/c12-8-3-7(11(13,14)15)4-9(5-8)17-10(16)6-1-2-6/h3-6H,1-2H2. The smallest absolute Gasteiger partial charge is 0.416 e. The van der Waals surface area contributed by atoms with Crippen LogP contribution in [0.25, 0.3) is 0 Å². The molecule has 0 bridgehead atoms. The van der Waals surface area contributed by atoms with Gasteiger partial charge in [-0.3, -0.25) is 4.79 Å². The van der Waals surface area contributed by atoms with Gasteiger partial charge in [-0.05, 0) is 31.0 Å². The molecular formula is C11H8ClF3O2. The first-order valence-corrected chi connectivity index (χ1v) is 5.33. The number of halogens is 4. The number of alkyl halides is 3. The molecule has 1 aliphatic rings. The van der Waals surface area contributed by atoms with Gasteiger partial charge < -0.3 is 4.74 Å². The second kappa shape index (κ2) is 4.22. The maximum Gasteiger partial charge on any atom is 0.416 e. The summed E-state index contributed by atoms with van der Waals surface area (Å²) in [4.78, 5) is 11.3. The molecular weight excluding hydrogens is 257 g/mol. The molecule has 17 heavy (non-hydrogen) atoms. The van der Waals surface area contributed by atoms with Gasteiger partial charge in [-0.15, -0.1) is 0 Å². The lowest BCUT2D eigenvalue weighted by Gasteiger charge is -2.10. The van der Waals surface area contributed by atoms with E-state index in [0.29, 0.717) is 0 Å². The highest BCUT2D eigenvalue weighted by Gasteiger charge is 2.34. The predicted octanol–water partition coefficient (Wildman–Crippen LogP) is 3.67. The van der Waals surface area contributed by atoms with E-state index < -0.39 is 17.7 Å². The van der Waals surface area contributed by atoms with Gasteiger partial charge in [0.05, 0.1) is 11.5 Å². The fourth-order valence-electron chi connectivity index (χ4n) is 1.30. The minimum absolute atomic E-state index is 0.113. The van der Waals surface area contributed by atoms with E-state index in [1.807, 2.05) is 0 Å². The lowest BCUT2D eigenvalue weighted by atomic mass is 10.2. The van der Waals surface area contributed by atoms with Gasteiger partial charge in [0.2, 0.25) is 0 Å². The van der Waals surface area contributed by atoms with Crippen molar-refractivity contribution in [2.45, 2.75) is 19.0 Å². The van der Waals surface area contributed by atoms with Crippen LogP contribution < -0.4 is 4.74 Å². The zero-order valence-corrected chi connectivity index (χ0v) is 9.31. The monoisotopic (exact) mass is 264 g/mol. The third-order valence-corrected chi connectivity index (χ3v) is 2.55. The predicted molar refractivity (Wildman–Crippen MR) is 54.8 cm³/mol. The molecule has 0 saturated heterocycles. The summed E-state index contributed by atoms with van der Waals surface area (Å²) in [5, 5.41) is -0.113. The minimum Gasteiger partial charge on any atom is -0.426 e. The normalized spacial score (nSPS) is 15.8. The highest BCUT2D eigenvalue weighted by atomic mass is 35.5. The van der Waals surface area contributed by atoms with Gasteiger partial charge in [0.15, 0.2) is 0 Å². The van der Waals surface area contributed by atoms with Crippen molar-refractivity contribution in [1.82, 2.24) is 0 Å². The molecule has 1 saturated carbocycles. The largest absolute Gasteiger partial charge is 0.426 e. The molecule has 0 aliphatic heterocycles. The van der Waals surface area contributed by atoms with E-state index in [1.54, 1.807) is 0 Å². The highest BCUT2D eigenvalue weighted by molar-refractivity contribution is 6.30. The second-order valence-electron chi connectivity index (χ2n) is 3.87. The minimum atomic E-state index is -4.51. The summed E-state index contributed by atoms with van der Waals surface area (Å²) in [6, 6.07) is 2.75. The van der Waals surface area contributed by atoms with Gasteiger partial charge in [-0.1, -0.05) is 11.6 Å². The van der Waals surface area contributed by atoms with Crippen LogP contribution >= 0.6 is 11.6 Å². The molecule has 0 N–H and O–H groups in total. The molecule has 2 nitrogen and oxygen atoms in total. The molecule has 92 valence electrons. The van der Waals surface area contributed by atoms with Crippen LogP contribution in [0.15, 0.2) is 18.2 Å². The summed E-state index contributed by atoms with van der Waals surface area (Å²) >= 11 is 5.54. The molecule has 1 aliphatic carbocycles. The Balaban J connectivity index is 2.22. The van der Waals surface area contributed by atoms with E-state index >= 15 is 0 Å². The van der Waals surface area contributed by atoms with Gasteiger partial charge in [0.1, 0.15) is 5.75 Å². The first kappa shape index (κ1) is 12.2. The number of rotatable bonds is 2. The van der Waals surface area contributed by atoms with E-state index in [2.05, 4.69) is 0 Å². The molecule has 1 aromatic rings. The zero-order chi connectivity index (χ0) is 12.6. The van der Waals surface area contributed by atoms with Crippen LogP contribution in [0.5, 0.6) is 5.75 Å². The van der Waals surface area contributed by atoms with E-state index in [9.17, 15) is 18.0 Å². The van der Waals surface area contributed by atoms with Crippen molar-refractivity contribution in [3.8, 4) is 5.75 Å². The van der Waals surface area contributed by atoms with Crippen molar-refractivity contribution >= 4 is 17.6 Å². The molecule has 0 heterocycles. The van der Waals surface area contributed by atoms with Crippen LogP contribution in [0.2, 0.25) is 5.02 Å². The number of esters is 1. The van der Waals surface area contributed by atoms with E-state index in [-0.39, 0.29) is 16.7 Å². The summed E-state index contributed by atoms with van der Waals surface area (Å²) in [6.07, 6.45) is -3.05. The Labute approximate surface area is 100 Å². The van der Waals surface area contributed by atoms with Crippen LogP contribution in [-0.2, 0) is 11.0 Å². The van der Waals surface area contributed by atoms with Crippen molar-refractivity contribution in [3.63, 3.8) is 0 Å². The topological polar surface area (TPSA) is 26.3 Å². The average Bonchev–Trinajstić information content (AvgIpc) is 2.97. The summed E-state index contributed by atoms with van der Waals surface area (Å²) < 4.78 is 42.2. The second-order valence-corrected chi connectivity index (χ2v) is 4.31. The fourth-order valence-corrected chi connectivity index (χ4v) is 1.53. The SMILES string of the molecule is O=C(Oc1cc(Cl)cc(C(F)(F)F)c1)C1CC1. The molecule has 0 atom stereocenters. The number of carbonyl (C=O) groups is 1. The summed E-state index contributed by atoms with van der Waals surface area (Å²) in [7, 11) is 0. The van der Waals surface area contributed by atoms with Crippen LogP contribution in [0.1, 0.15) is 18.4 Å². The molecule has 2 rings (SSSR count). The average molecular weight is 265 g/mol. The van der Waals surface area contributed by atoms with E-state index in [1.165, 1.54) is 6.07 Å². The van der Waals surface area contributed by atoms with Gasteiger partial charge in [0.25, 0.3) is 0 Å². The lowest BCUT2D eigenvalue weighted by molar-refractivity contribution is -0.139. The van der Waals surface area contributed by atoms with Crippen molar-refractivity contribution in [2.75, 3.05) is 0 Å². The third-order valence-electron chi connectivity index (χ3n) is 2.33. The Hall–Kier alpha value is -1.23. The van der Waals surface area contributed by atoms with Crippen LogP contribution in [0.4, 0.5) is 13.2 Å². The lowest BCUT2D eigenvalue weighted by Crippen LogP contribution is -2.11. The van der Waals surface area contributed by atoms with Gasteiger partial charge in [-0.25, -0.2) is 0 Å². The number of carbonyl (C=O) groups excluding carboxylic acids is 1. The Morgan fingerprint density at radius 3 is 2.47 bits per heavy atom. The number of ether oxygens (including phenoxy) is 1. The maximum atomic E-state index is 12.5. The fraction of sp³-hybridized carbons (Fsp3) is 0.364. The summed E-state index contributed by atoms with van der Waals surface area (Å²) in [5.41, 5.74) is -0.927. The molecule has 0 amide bonds. The zero-order valence-electron chi connectivity index (χ0n) is 8.55. The highest BCUT2D eigenvalue weighted by Crippen LogP contribution is 2.35. The first-order valence-electron chi connectivity index (χ1n) is 4.96. The number of hydrogen-bond donors (Lipinski definition) is 0. The van der Waals surface area contributed by atoms with Crippen molar-refractivity contribution < 1.29 is 22.7 Å². The number of hydrogen-bond acceptors (Lipinski definition) is 2. The van der Waals surface area contributed by atoms with Gasteiger partial charge >= 0.3 is 12.1 Å². The molecule has 0 spiro atoms. The molecule has 1 fully saturated rings. The van der Waals surface area contributed by atoms with Crippen LogP contribution in [0, 0.1) is 5.92 Å². The third kappa shape index (κ3) is 3.12. The van der Waals surface area contributed by atoms with Crippen molar-refractivity contribution in [2.24, 2.45) is 5.92 Å². The number of benzene rings is 1. The van der Waals surface area contributed by atoms with E-state index in [4.69, 9.17) is 16.3 Å². The maximum absolute atomic E-state index is 12.5. The molecule has 6 heteroatoms. The first-order chi connectivity index (χ1) is 7.86. The van der Waals surface area contributed by atoms with E-state index in [0.717, 1.165) is 25.0 Å². The quantitative estimate of drug-likeness (QED) is 0.602. The van der Waals surface area contributed by atoms with Gasteiger partial charge in [-0.2, -0.15) is 13.2 Å². The van der Waals surface area contributed by atoms with Crippen molar-refractivity contribution in [3.05, 3.63) is 28.8 Å². The Kier molecular flexibility index (Phi) is 3.03. The Bertz CT molecular complexity index is 453. The van der Waals surface area contributed by atoms with Gasteiger partial charge in [0, 0.05) is 5.02 Å². The molecule has 0 unspecified atom stereocenters. The summed E-state index contributed by atoms with van der Waals surface area (Å²) in [6.45, 7) is 0. The van der Waals surface area contributed by atoms with Crippen LogP contribution in [-0.4, -0.2) is 5.97 Å². The molecule has 0 radical (unpaired) electrons. The van der Waals surface area contributed by atoms with Crippen molar-refractivity contribution in [1.29, 1.82) is 0 Å². The molecule has 0 aromatic heterocycles. The van der Waals surface area contributed by atoms with Crippen LogP contribution in [0.3, 0.4) is 0 Å². The molecule has 1 aromatic carbocycles. The Morgan fingerprint density at radius 1 is 1.29 bits per heavy atom. The summed E-state index contributed by atoms with van der Waals surface area (Å²) in [5.74, 6) is -0.842.